The Kier molecular flexibility index (Phi) is 6.61. The van der Waals surface area contributed by atoms with Crippen LogP contribution in [0, 0.1) is 0 Å². The molecule has 0 radical (unpaired) electrons. The highest BCUT2D eigenvalue weighted by Crippen LogP contribution is 2.40. The number of hydrogen-bond acceptors (Lipinski definition) is 8. The van der Waals surface area contributed by atoms with Gasteiger partial charge in [-0.15, -0.1) is 9.47 Å². The molecule has 3 N–H and O–H groups in total. The van der Waals surface area contributed by atoms with Crippen LogP contribution in [0.4, 0.5) is 16.6 Å². The van der Waals surface area contributed by atoms with E-state index in [0.29, 0.717) is 36.9 Å². The van der Waals surface area contributed by atoms with Crippen molar-refractivity contribution in [3.63, 3.8) is 0 Å². The Morgan fingerprint density at radius 1 is 1.47 bits per heavy atom. The summed E-state index contributed by atoms with van der Waals surface area (Å²) in [6.45, 7) is 1.99. The van der Waals surface area contributed by atoms with E-state index < -0.39 is 10.5 Å². The van der Waals surface area contributed by atoms with E-state index in [4.69, 9.17) is 26.8 Å². The number of aldehydes is 1. The SMILES string of the molecule is COCC(C)Oc1nc([N@+]2(C(N)=O)CCCc3cc(CO)c(C=O)nc32)ncc1Cl. The molecular weight excluding hydrogens is 414 g/mol. The number of aryl methyl sites for hydroxylation is 1. The zero-order valence-electron chi connectivity index (χ0n) is 16.7. The molecule has 2 amide bonds. The van der Waals surface area contributed by atoms with Gasteiger partial charge in [0.1, 0.15) is 23.4 Å². The second-order valence-electron chi connectivity index (χ2n) is 6.97. The number of carbonyl (C=O) groups excluding carboxylic acids is 2. The summed E-state index contributed by atoms with van der Waals surface area (Å²) in [5.74, 6) is 0.375. The number of halogens is 1. The maximum atomic E-state index is 12.8. The highest BCUT2D eigenvalue weighted by Gasteiger charge is 2.49. The molecule has 3 heterocycles. The normalized spacial score (nSPS) is 19.1. The molecule has 1 unspecified atom stereocenters. The highest BCUT2D eigenvalue weighted by molar-refractivity contribution is 6.31. The standard InChI is InChI=1S/C19H22ClN5O5/c1-11(10-29-2)30-17-14(20)7-22-19(24-17)25(18(21)28)5-3-4-12-6-13(8-26)15(9-27)23-16(12)25/h6-7,9,11,26H,3-5,8,10H2,1-2H3,(H-,21,28)/p+1/t11?,25-/m1/s1. The van der Waals surface area contributed by atoms with Gasteiger partial charge in [0.2, 0.25) is 11.7 Å². The van der Waals surface area contributed by atoms with Crippen molar-refractivity contribution in [2.75, 3.05) is 20.3 Å². The summed E-state index contributed by atoms with van der Waals surface area (Å²) in [7, 11) is 1.54. The summed E-state index contributed by atoms with van der Waals surface area (Å²) in [6.07, 6.45) is 2.70. The monoisotopic (exact) mass is 436 g/mol. The zero-order chi connectivity index (χ0) is 21.9. The number of aliphatic hydroxyl groups is 1. The number of hydrogen-bond donors (Lipinski definition) is 2. The minimum absolute atomic E-state index is 0.0288. The molecule has 0 spiro atoms. The first-order valence-electron chi connectivity index (χ1n) is 9.33. The maximum Gasteiger partial charge on any atom is 0.428 e. The van der Waals surface area contributed by atoms with Gasteiger partial charge in [0.25, 0.3) is 0 Å². The number of aliphatic hydroxyl groups excluding tert-OH is 1. The predicted octanol–water partition coefficient (Wildman–Crippen LogP) is 1.91. The molecule has 0 saturated heterocycles. The zero-order valence-corrected chi connectivity index (χ0v) is 17.4. The van der Waals surface area contributed by atoms with Crippen molar-refractivity contribution < 1.29 is 24.2 Å². The Morgan fingerprint density at radius 2 is 2.23 bits per heavy atom. The number of quaternary nitrogens is 1. The van der Waals surface area contributed by atoms with Crippen molar-refractivity contribution in [3.8, 4) is 5.88 Å². The molecule has 2 atom stereocenters. The van der Waals surface area contributed by atoms with Crippen LogP contribution in [-0.2, 0) is 17.8 Å². The first-order valence-corrected chi connectivity index (χ1v) is 9.71. The van der Waals surface area contributed by atoms with Crippen LogP contribution in [0.3, 0.4) is 0 Å². The van der Waals surface area contributed by atoms with E-state index in [-0.39, 0.29) is 47.6 Å². The lowest BCUT2D eigenvalue weighted by molar-refractivity contribution is 0.0887. The molecule has 0 aromatic carbocycles. The van der Waals surface area contributed by atoms with Crippen LogP contribution in [-0.4, -0.2) is 58.7 Å². The number of aromatic nitrogens is 3. The molecule has 0 aliphatic carbocycles. The lowest BCUT2D eigenvalue weighted by Crippen LogP contribution is -2.57. The predicted molar refractivity (Wildman–Crippen MR) is 109 cm³/mol. The summed E-state index contributed by atoms with van der Waals surface area (Å²) >= 11 is 6.19. The third-order valence-corrected chi connectivity index (χ3v) is 5.16. The number of amides is 2. The molecule has 0 bridgehead atoms. The van der Waals surface area contributed by atoms with Crippen LogP contribution in [0.2, 0.25) is 5.02 Å². The smallest absolute Gasteiger partial charge is 0.428 e. The number of methoxy groups -OCH3 is 1. The average Bonchev–Trinajstić information content (AvgIpc) is 2.73. The number of rotatable bonds is 7. The molecule has 160 valence electrons. The lowest BCUT2D eigenvalue weighted by atomic mass is 10.0. The third-order valence-electron chi connectivity index (χ3n) is 4.91. The van der Waals surface area contributed by atoms with Crippen molar-refractivity contribution in [3.05, 3.63) is 34.1 Å². The van der Waals surface area contributed by atoms with Gasteiger partial charge in [-0.3, -0.25) is 4.79 Å². The summed E-state index contributed by atoms with van der Waals surface area (Å²) < 4.78 is 10.2. The Morgan fingerprint density at radius 3 is 2.87 bits per heavy atom. The average molecular weight is 437 g/mol. The number of ether oxygens (including phenoxy) is 2. The van der Waals surface area contributed by atoms with Crippen molar-refractivity contribution in [1.82, 2.24) is 19.4 Å². The van der Waals surface area contributed by atoms with E-state index >= 15 is 0 Å². The van der Waals surface area contributed by atoms with E-state index in [1.807, 2.05) is 0 Å². The first kappa shape index (κ1) is 22.0. The number of carbonyl (C=O) groups is 2. The lowest BCUT2D eigenvalue weighted by Gasteiger charge is -2.34. The van der Waals surface area contributed by atoms with Crippen molar-refractivity contribution in [2.45, 2.75) is 32.5 Å². The Labute approximate surface area is 178 Å². The van der Waals surface area contributed by atoms with E-state index in [1.165, 1.54) is 6.20 Å². The number of urea groups is 1. The third kappa shape index (κ3) is 3.86. The fourth-order valence-electron chi connectivity index (χ4n) is 3.54. The van der Waals surface area contributed by atoms with Gasteiger partial charge in [-0.25, -0.2) is 4.79 Å². The first-order chi connectivity index (χ1) is 14.4. The molecule has 0 fully saturated rings. The molecule has 10 nitrogen and oxygen atoms in total. The van der Waals surface area contributed by atoms with Gasteiger partial charge in [0.05, 0.1) is 19.4 Å². The summed E-state index contributed by atoms with van der Waals surface area (Å²) in [4.78, 5) is 37.2. The molecule has 1 aliphatic heterocycles. The van der Waals surface area contributed by atoms with Gasteiger partial charge in [0.15, 0.2) is 6.29 Å². The van der Waals surface area contributed by atoms with E-state index in [0.717, 1.165) is 0 Å². The Hall–Kier alpha value is -2.66. The largest absolute Gasteiger partial charge is 0.471 e. The molecule has 11 heteroatoms. The second-order valence-corrected chi connectivity index (χ2v) is 7.38. The number of primary amides is 1. The fraction of sp³-hybridized carbons (Fsp3) is 0.421. The summed E-state index contributed by atoms with van der Waals surface area (Å²) in [5, 5.41) is 9.71. The van der Waals surface area contributed by atoms with Crippen molar-refractivity contribution in [2.24, 2.45) is 5.73 Å². The molecule has 2 aromatic rings. The molecule has 3 rings (SSSR count). The van der Waals surface area contributed by atoms with Gasteiger partial charge in [-0.1, -0.05) is 11.6 Å². The quantitative estimate of drug-likeness (QED) is 0.495. The van der Waals surface area contributed by atoms with Crippen LogP contribution >= 0.6 is 11.6 Å². The second kappa shape index (κ2) is 9.00. The van der Waals surface area contributed by atoms with E-state index in [9.17, 15) is 14.7 Å². The highest BCUT2D eigenvalue weighted by atomic mass is 35.5. The van der Waals surface area contributed by atoms with E-state index in [2.05, 4.69) is 15.0 Å². The number of nitrogens with two attached hydrogens (primary N) is 1. The van der Waals surface area contributed by atoms with Crippen LogP contribution in [0.1, 0.15) is 35.0 Å². The molecule has 30 heavy (non-hydrogen) atoms. The van der Waals surface area contributed by atoms with Gasteiger partial charge in [-0.2, -0.15) is 9.97 Å². The number of fused-ring (bicyclic) bond motifs is 1. The van der Waals surface area contributed by atoms with Gasteiger partial charge >= 0.3 is 12.0 Å². The molecular formula is C19H23ClN5O5+. The van der Waals surface area contributed by atoms with Gasteiger partial charge < -0.3 is 20.3 Å². The van der Waals surface area contributed by atoms with Gasteiger partial charge in [-0.05, 0) is 19.4 Å². The fourth-order valence-corrected chi connectivity index (χ4v) is 3.67. The molecule has 2 aromatic heterocycles. The molecule has 0 saturated carbocycles. The van der Waals surface area contributed by atoms with Crippen LogP contribution in [0.15, 0.2) is 12.3 Å². The minimum atomic E-state index is -0.754. The number of nitrogens with zero attached hydrogens (tertiary/aromatic N) is 4. The summed E-state index contributed by atoms with van der Waals surface area (Å²) in [6, 6.07) is 0.907. The Balaban J connectivity index is 2.18. The number of pyridine rings is 1. The van der Waals surface area contributed by atoms with Crippen LogP contribution in [0.25, 0.3) is 0 Å². The molecule has 1 aliphatic rings. The minimum Gasteiger partial charge on any atom is -0.471 e. The van der Waals surface area contributed by atoms with Crippen molar-refractivity contribution >= 4 is 35.7 Å². The van der Waals surface area contributed by atoms with Gasteiger partial charge in [0, 0.05) is 24.7 Å². The summed E-state index contributed by atoms with van der Waals surface area (Å²) in [5.41, 5.74) is 6.92. The topological polar surface area (TPSA) is 138 Å². The van der Waals surface area contributed by atoms with Crippen LogP contribution < -0.4 is 15.0 Å². The van der Waals surface area contributed by atoms with E-state index in [1.54, 1.807) is 20.1 Å². The Bertz CT molecular complexity index is 973. The van der Waals surface area contributed by atoms with Crippen molar-refractivity contribution in [1.29, 1.82) is 0 Å². The van der Waals surface area contributed by atoms with Crippen LogP contribution in [0.5, 0.6) is 5.88 Å². The maximum absolute atomic E-state index is 12.8.